The topological polar surface area (TPSA) is 38.0 Å². The van der Waals surface area contributed by atoms with Gasteiger partial charge in [-0.15, -0.1) is 0 Å². The third-order valence-corrected chi connectivity index (χ3v) is 4.31. The summed E-state index contributed by atoms with van der Waals surface area (Å²) in [6.07, 6.45) is 1.64. The zero-order valence-corrected chi connectivity index (χ0v) is 13.8. The van der Waals surface area contributed by atoms with Crippen molar-refractivity contribution in [2.75, 3.05) is 0 Å². The number of halogens is 3. The van der Waals surface area contributed by atoms with E-state index >= 15 is 0 Å². The van der Waals surface area contributed by atoms with Crippen molar-refractivity contribution >= 4 is 39.1 Å². The van der Waals surface area contributed by atoms with Crippen molar-refractivity contribution in [1.82, 2.24) is 5.43 Å². The first kappa shape index (κ1) is 15.8. The van der Waals surface area contributed by atoms with Crippen molar-refractivity contribution in [3.05, 3.63) is 68.1 Å². The predicted octanol–water partition coefficient (Wildman–Crippen LogP) is 4.37. The quantitative estimate of drug-likeness (QED) is 0.603. The van der Waals surface area contributed by atoms with Gasteiger partial charge < -0.3 is 0 Å². The first-order chi connectivity index (χ1) is 9.58. The minimum absolute atomic E-state index is 0.140. The molecule has 2 aromatic rings. The van der Waals surface area contributed by atoms with E-state index in [1.807, 2.05) is 30.3 Å². The second kappa shape index (κ2) is 7.43. The molecule has 0 saturated heterocycles. The van der Waals surface area contributed by atoms with Gasteiger partial charge in [0, 0.05) is 10.5 Å². The highest BCUT2D eigenvalue weighted by Gasteiger charge is 2.10. The third kappa shape index (κ3) is 4.47. The van der Waals surface area contributed by atoms with Crippen molar-refractivity contribution in [2.45, 2.75) is 18.9 Å². The van der Waals surface area contributed by atoms with E-state index in [4.69, 9.17) is 29.0 Å². The summed E-state index contributed by atoms with van der Waals surface area (Å²) in [4.78, 5) is 0. The largest absolute Gasteiger partial charge is 0.271 e. The normalized spacial score (nSPS) is 12.4. The molecular weight excluding hydrogens is 359 g/mol. The van der Waals surface area contributed by atoms with E-state index in [1.54, 1.807) is 0 Å². The van der Waals surface area contributed by atoms with Gasteiger partial charge in [-0.2, -0.15) is 0 Å². The first-order valence-corrected chi connectivity index (χ1v) is 7.78. The maximum Gasteiger partial charge on any atom is 0.0595 e. The van der Waals surface area contributed by atoms with Crippen molar-refractivity contribution < 1.29 is 0 Å². The molecule has 0 radical (unpaired) electrons. The van der Waals surface area contributed by atoms with Crippen molar-refractivity contribution in [3.63, 3.8) is 0 Å². The van der Waals surface area contributed by atoms with E-state index in [0.717, 1.165) is 22.9 Å². The molecule has 5 heteroatoms. The molecule has 20 heavy (non-hydrogen) atoms. The van der Waals surface area contributed by atoms with Gasteiger partial charge in [0.2, 0.25) is 0 Å². The molecule has 0 amide bonds. The summed E-state index contributed by atoms with van der Waals surface area (Å²) in [5.41, 5.74) is 5.19. The zero-order valence-electron chi connectivity index (χ0n) is 10.7. The molecule has 1 unspecified atom stereocenters. The average Bonchev–Trinajstić information content (AvgIpc) is 2.42. The number of hydrazine groups is 1. The Morgan fingerprint density at radius 2 is 1.70 bits per heavy atom. The third-order valence-electron chi connectivity index (χ3n) is 3.07. The number of benzene rings is 2. The number of nitrogens with one attached hydrogen (secondary N) is 1. The van der Waals surface area contributed by atoms with Crippen LogP contribution in [0.1, 0.15) is 11.1 Å². The second-order valence-corrected chi connectivity index (χ2v) is 6.38. The summed E-state index contributed by atoms with van der Waals surface area (Å²) in [5.74, 6) is 5.65. The molecule has 2 rings (SSSR count). The standard InChI is InChI=1S/C15H15BrCl2N2/c16-12-3-1-2-10(6-12)7-13(20-19)8-11-4-5-14(17)15(18)9-11/h1-6,9,13,20H,7-8,19H2. The van der Waals surface area contributed by atoms with Gasteiger partial charge in [-0.3, -0.25) is 11.3 Å². The second-order valence-electron chi connectivity index (χ2n) is 4.65. The minimum Gasteiger partial charge on any atom is -0.271 e. The van der Waals surface area contributed by atoms with Crippen molar-refractivity contribution in [1.29, 1.82) is 0 Å². The van der Waals surface area contributed by atoms with Crippen LogP contribution >= 0.6 is 39.1 Å². The zero-order chi connectivity index (χ0) is 14.5. The van der Waals surface area contributed by atoms with Gasteiger partial charge in [0.15, 0.2) is 0 Å². The smallest absolute Gasteiger partial charge is 0.0595 e. The first-order valence-electron chi connectivity index (χ1n) is 6.23. The number of nitrogens with two attached hydrogens (primary N) is 1. The Bertz CT molecular complexity index is 590. The van der Waals surface area contributed by atoms with Crippen LogP contribution in [0.25, 0.3) is 0 Å². The number of hydrogen-bond donors (Lipinski definition) is 2. The molecule has 0 aromatic heterocycles. The number of hydrogen-bond acceptors (Lipinski definition) is 2. The van der Waals surface area contributed by atoms with Crippen LogP contribution in [0.5, 0.6) is 0 Å². The molecule has 3 N–H and O–H groups in total. The Kier molecular flexibility index (Phi) is 5.87. The summed E-state index contributed by atoms with van der Waals surface area (Å²) in [6.45, 7) is 0. The van der Waals surface area contributed by atoms with Crippen LogP contribution in [0.2, 0.25) is 10.0 Å². The van der Waals surface area contributed by atoms with Crippen LogP contribution in [0.15, 0.2) is 46.9 Å². The Hall–Kier alpha value is -0.580. The maximum absolute atomic E-state index is 6.03. The Balaban J connectivity index is 2.07. The predicted molar refractivity (Wildman–Crippen MR) is 89.1 cm³/mol. The molecule has 2 nitrogen and oxygen atoms in total. The van der Waals surface area contributed by atoms with Gasteiger partial charge in [-0.1, -0.05) is 57.3 Å². The fraction of sp³-hybridized carbons (Fsp3) is 0.200. The molecule has 0 fully saturated rings. The molecule has 106 valence electrons. The summed E-state index contributed by atoms with van der Waals surface area (Å²) in [7, 11) is 0. The lowest BCUT2D eigenvalue weighted by molar-refractivity contribution is 0.522. The fourth-order valence-corrected chi connectivity index (χ4v) is 2.86. The van der Waals surface area contributed by atoms with Crippen LogP contribution in [0, 0.1) is 0 Å². The van der Waals surface area contributed by atoms with Crippen LogP contribution in [-0.2, 0) is 12.8 Å². The number of rotatable bonds is 5. The molecule has 1 atom stereocenters. The highest BCUT2D eigenvalue weighted by molar-refractivity contribution is 9.10. The van der Waals surface area contributed by atoms with Crippen molar-refractivity contribution in [3.8, 4) is 0 Å². The maximum atomic E-state index is 6.03. The van der Waals surface area contributed by atoms with Gasteiger partial charge in [-0.05, 0) is 48.2 Å². The lowest BCUT2D eigenvalue weighted by Gasteiger charge is -2.16. The molecule has 0 aliphatic carbocycles. The lowest BCUT2D eigenvalue weighted by Crippen LogP contribution is -2.38. The van der Waals surface area contributed by atoms with Gasteiger partial charge in [0.1, 0.15) is 0 Å². The molecule has 2 aromatic carbocycles. The van der Waals surface area contributed by atoms with Crippen molar-refractivity contribution in [2.24, 2.45) is 5.84 Å². The van der Waals surface area contributed by atoms with E-state index in [9.17, 15) is 0 Å². The highest BCUT2D eigenvalue weighted by atomic mass is 79.9. The molecule has 0 bridgehead atoms. The van der Waals surface area contributed by atoms with Gasteiger partial charge in [0.25, 0.3) is 0 Å². The van der Waals surface area contributed by atoms with Crippen LogP contribution in [-0.4, -0.2) is 6.04 Å². The lowest BCUT2D eigenvalue weighted by atomic mass is 9.99. The molecule has 0 heterocycles. The van der Waals surface area contributed by atoms with Gasteiger partial charge >= 0.3 is 0 Å². The molecule has 0 aliphatic rings. The monoisotopic (exact) mass is 372 g/mol. The van der Waals surface area contributed by atoms with E-state index in [1.165, 1.54) is 5.56 Å². The average molecular weight is 374 g/mol. The SMILES string of the molecule is NNC(Cc1cccc(Br)c1)Cc1ccc(Cl)c(Cl)c1. The molecular formula is C15H15BrCl2N2. The summed E-state index contributed by atoms with van der Waals surface area (Å²) >= 11 is 15.4. The van der Waals surface area contributed by atoms with Crippen LogP contribution < -0.4 is 11.3 Å². The Morgan fingerprint density at radius 3 is 2.30 bits per heavy atom. The summed E-state index contributed by atoms with van der Waals surface area (Å²) < 4.78 is 1.07. The Labute approximate surface area is 137 Å². The molecule has 0 spiro atoms. The van der Waals surface area contributed by atoms with Gasteiger partial charge in [-0.25, -0.2) is 0 Å². The Morgan fingerprint density at radius 1 is 1.00 bits per heavy atom. The van der Waals surface area contributed by atoms with Gasteiger partial charge in [0.05, 0.1) is 10.0 Å². The van der Waals surface area contributed by atoms with Crippen LogP contribution in [0.4, 0.5) is 0 Å². The van der Waals surface area contributed by atoms with E-state index in [0.29, 0.717) is 10.0 Å². The fourth-order valence-electron chi connectivity index (χ4n) is 2.09. The van der Waals surface area contributed by atoms with E-state index < -0.39 is 0 Å². The highest BCUT2D eigenvalue weighted by Crippen LogP contribution is 2.23. The molecule has 0 saturated carbocycles. The van der Waals surface area contributed by atoms with Crippen LogP contribution in [0.3, 0.4) is 0 Å². The molecule has 0 aliphatic heterocycles. The van der Waals surface area contributed by atoms with E-state index in [-0.39, 0.29) is 6.04 Å². The minimum atomic E-state index is 0.140. The van der Waals surface area contributed by atoms with E-state index in [2.05, 4.69) is 33.5 Å². The summed E-state index contributed by atoms with van der Waals surface area (Å²) in [5, 5.41) is 1.14. The summed E-state index contributed by atoms with van der Waals surface area (Å²) in [6, 6.07) is 14.0.